The minimum atomic E-state index is -3.75. The highest BCUT2D eigenvalue weighted by Crippen LogP contribution is 2.37. The van der Waals surface area contributed by atoms with Crippen LogP contribution in [-0.2, 0) is 14.8 Å². The highest BCUT2D eigenvalue weighted by molar-refractivity contribution is 8.00. The Morgan fingerprint density at radius 3 is 2.35 bits per heavy atom. The highest BCUT2D eigenvalue weighted by atomic mass is 35.5. The summed E-state index contributed by atoms with van der Waals surface area (Å²) in [5.41, 5.74) is 0.283. The molecule has 3 rings (SSSR count). The van der Waals surface area contributed by atoms with Crippen LogP contribution in [0.2, 0.25) is 10.0 Å². The average molecular weight is 429 g/mol. The summed E-state index contributed by atoms with van der Waals surface area (Å²) in [4.78, 5) is 1.32. The Morgan fingerprint density at radius 1 is 1.08 bits per heavy atom. The van der Waals surface area contributed by atoms with Crippen molar-refractivity contribution in [1.82, 2.24) is 4.31 Å². The number of hydrogen-bond acceptors (Lipinski definition) is 5. The van der Waals surface area contributed by atoms with E-state index in [2.05, 4.69) is 0 Å². The molecular weight excluding hydrogens is 415 g/mol. The smallest absolute Gasteiger partial charge is 0.244 e. The fourth-order valence-corrected chi connectivity index (χ4v) is 6.03. The molecule has 0 unspecified atom stereocenters. The summed E-state index contributed by atoms with van der Waals surface area (Å²) in [6, 6.07) is 11.6. The highest BCUT2D eigenvalue weighted by Gasteiger charge is 2.29. The molecule has 1 fully saturated rings. The molecule has 1 aliphatic rings. The third-order valence-electron chi connectivity index (χ3n) is 3.72. The second-order valence-corrected chi connectivity index (χ2v) is 9.39. The van der Waals surface area contributed by atoms with Crippen LogP contribution in [0, 0.1) is 11.3 Å². The second kappa shape index (κ2) is 8.17. The van der Waals surface area contributed by atoms with E-state index >= 15 is 0 Å². The van der Waals surface area contributed by atoms with E-state index in [1.165, 1.54) is 22.1 Å². The molecule has 0 atom stereocenters. The van der Waals surface area contributed by atoms with Gasteiger partial charge in [-0.05, 0) is 36.4 Å². The molecule has 0 spiro atoms. The minimum absolute atomic E-state index is 0.0968. The van der Waals surface area contributed by atoms with Gasteiger partial charge in [0.05, 0.1) is 29.7 Å². The number of halogens is 2. The van der Waals surface area contributed by atoms with Crippen LogP contribution in [0.25, 0.3) is 0 Å². The van der Waals surface area contributed by atoms with Crippen LogP contribution < -0.4 is 0 Å². The van der Waals surface area contributed by atoms with Gasteiger partial charge >= 0.3 is 0 Å². The predicted molar refractivity (Wildman–Crippen MR) is 101 cm³/mol. The van der Waals surface area contributed by atoms with Gasteiger partial charge in [-0.3, -0.25) is 0 Å². The summed E-state index contributed by atoms with van der Waals surface area (Å²) in [5, 5.41) is 10.1. The molecule has 9 heteroatoms. The van der Waals surface area contributed by atoms with Crippen molar-refractivity contribution in [2.75, 3.05) is 26.3 Å². The topological polar surface area (TPSA) is 70.4 Å². The van der Waals surface area contributed by atoms with E-state index < -0.39 is 10.0 Å². The molecule has 2 aromatic rings. The van der Waals surface area contributed by atoms with Crippen LogP contribution in [0.3, 0.4) is 0 Å². The Kier molecular flexibility index (Phi) is 6.13. The molecule has 136 valence electrons. The Hall–Kier alpha value is -1.27. The zero-order valence-corrected chi connectivity index (χ0v) is 16.6. The van der Waals surface area contributed by atoms with Crippen molar-refractivity contribution in [1.29, 1.82) is 5.26 Å². The van der Waals surface area contributed by atoms with Crippen LogP contribution in [0.5, 0.6) is 0 Å². The summed E-state index contributed by atoms with van der Waals surface area (Å²) in [5.74, 6) is 0. The largest absolute Gasteiger partial charge is 0.379 e. The van der Waals surface area contributed by atoms with Gasteiger partial charge in [-0.25, -0.2) is 8.42 Å². The fraction of sp³-hybridized carbons (Fsp3) is 0.235. The zero-order valence-electron chi connectivity index (χ0n) is 13.5. The molecule has 0 aromatic heterocycles. The van der Waals surface area contributed by atoms with Gasteiger partial charge in [0, 0.05) is 32.9 Å². The first-order chi connectivity index (χ1) is 12.4. The van der Waals surface area contributed by atoms with Crippen LogP contribution in [-0.4, -0.2) is 39.0 Å². The Morgan fingerprint density at radius 2 is 1.73 bits per heavy atom. The lowest BCUT2D eigenvalue weighted by Crippen LogP contribution is -2.40. The molecule has 1 saturated heterocycles. The molecule has 0 radical (unpaired) electrons. The van der Waals surface area contributed by atoms with Crippen molar-refractivity contribution in [2.24, 2.45) is 0 Å². The molecule has 2 aromatic carbocycles. The van der Waals surface area contributed by atoms with Crippen molar-refractivity contribution < 1.29 is 13.2 Å². The molecule has 1 heterocycles. The van der Waals surface area contributed by atoms with Crippen LogP contribution >= 0.6 is 35.0 Å². The van der Waals surface area contributed by atoms with Gasteiger partial charge < -0.3 is 4.74 Å². The van der Waals surface area contributed by atoms with Crippen molar-refractivity contribution in [3.8, 4) is 6.07 Å². The summed E-state index contributed by atoms with van der Waals surface area (Å²) < 4.78 is 32.8. The number of hydrogen-bond donors (Lipinski definition) is 0. The van der Waals surface area contributed by atoms with Gasteiger partial charge in [-0.2, -0.15) is 9.57 Å². The first-order valence-electron chi connectivity index (χ1n) is 7.66. The van der Waals surface area contributed by atoms with E-state index in [9.17, 15) is 13.7 Å². The molecule has 0 aliphatic carbocycles. The van der Waals surface area contributed by atoms with E-state index in [0.29, 0.717) is 33.0 Å². The molecule has 0 bridgehead atoms. The van der Waals surface area contributed by atoms with Crippen LogP contribution in [0.1, 0.15) is 5.56 Å². The van der Waals surface area contributed by atoms with Crippen molar-refractivity contribution in [3.05, 3.63) is 52.0 Å². The van der Waals surface area contributed by atoms with E-state index in [4.69, 9.17) is 27.9 Å². The van der Waals surface area contributed by atoms with Gasteiger partial charge in [-0.1, -0.05) is 35.0 Å². The minimum Gasteiger partial charge on any atom is -0.379 e. The quantitative estimate of drug-likeness (QED) is 0.734. The maximum atomic E-state index is 13.1. The van der Waals surface area contributed by atoms with Gasteiger partial charge in [0.2, 0.25) is 10.0 Å². The number of ether oxygens (including phenoxy) is 1. The van der Waals surface area contributed by atoms with E-state index in [1.54, 1.807) is 30.3 Å². The Labute approximate surface area is 166 Å². The first-order valence-corrected chi connectivity index (χ1v) is 10.7. The van der Waals surface area contributed by atoms with Crippen molar-refractivity contribution >= 4 is 45.0 Å². The lowest BCUT2D eigenvalue weighted by molar-refractivity contribution is 0.0729. The van der Waals surface area contributed by atoms with Crippen molar-refractivity contribution in [3.63, 3.8) is 0 Å². The molecular formula is C17H14Cl2N2O3S2. The van der Waals surface area contributed by atoms with Gasteiger partial charge in [0.1, 0.15) is 0 Å². The molecule has 0 saturated carbocycles. The standard InChI is InChI=1S/C17H14Cl2N2O3S2/c18-13-8-14(19)10-15(9-13)25-16-2-1-12(11-20)7-17(16)26(22,23)21-3-5-24-6-4-21/h1-2,7-10H,3-6H2. The molecule has 1 aliphatic heterocycles. The number of benzene rings is 2. The number of nitriles is 1. The summed E-state index contributed by atoms with van der Waals surface area (Å²) in [7, 11) is -3.75. The molecule has 5 nitrogen and oxygen atoms in total. The van der Waals surface area contributed by atoms with E-state index in [0.717, 1.165) is 0 Å². The molecule has 0 N–H and O–H groups in total. The SMILES string of the molecule is N#Cc1ccc(Sc2cc(Cl)cc(Cl)c2)c(S(=O)(=O)N2CCOCC2)c1. The Balaban J connectivity index is 2.04. The second-order valence-electron chi connectivity index (χ2n) is 5.50. The lowest BCUT2D eigenvalue weighted by atomic mass is 10.2. The third kappa shape index (κ3) is 4.34. The first kappa shape index (κ1) is 19.5. The van der Waals surface area contributed by atoms with Gasteiger partial charge in [-0.15, -0.1) is 0 Å². The summed E-state index contributed by atoms with van der Waals surface area (Å²) in [6.45, 7) is 1.27. The number of sulfonamides is 1. The fourth-order valence-electron chi connectivity index (χ4n) is 2.50. The number of nitrogens with zero attached hydrogens (tertiary/aromatic N) is 2. The number of morpholine rings is 1. The number of rotatable bonds is 4. The van der Waals surface area contributed by atoms with Gasteiger partial charge in [0.25, 0.3) is 0 Å². The maximum Gasteiger partial charge on any atom is 0.244 e. The lowest BCUT2D eigenvalue weighted by Gasteiger charge is -2.27. The average Bonchev–Trinajstić information content (AvgIpc) is 2.62. The van der Waals surface area contributed by atoms with Crippen LogP contribution in [0.15, 0.2) is 51.1 Å². The maximum absolute atomic E-state index is 13.1. The zero-order chi connectivity index (χ0) is 18.7. The monoisotopic (exact) mass is 428 g/mol. The van der Waals surface area contributed by atoms with E-state index in [1.807, 2.05) is 6.07 Å². The van der Waals surface area contributed by atoms with Gasteiger partial charge in [0.15, 0.2) is 0 Å². The third-order valence-corrected chi connectivity index (χ3v) is 7.28. The normalized spacial score (nSPS) is 15.6. The predicted octanol–water partition coefficient (Wildman–Crippen LogP) is 4.04. The van der Waals surface area contributed by atoms with E-state index in [-0.39, 0.29) is 23.5 Å². The molecule has 0 amide bonds. The summed E-state index contributed by atoms with van der Waals surface area (Å²) >= 11 is 13.3. The van der Waals surface area contributed by atoms with Crippen molar-refractivity contribution in [2.45, 2.75) is 14.7 Å². The van der Waals surface area contributed by atoms with Crippen LogP contribution in [0.4, 0.5) is 0 Å². The molecule has 26 heavy (non-hydrogen) atoms. The summed E-state index contributed by atoms with van der Waals surface area (Å²) in [6.07, 6.45) is 0. The Bertz CT molecular complexity index is 948.